The van der Waals surface area contributed by atoms with Crippen molar-refractivity contribution >= 4 is 5.97 Å². The summed E-state index contributed by atoms with van der Waals surface area (Å²) in [6.45, 7) is 1.74. The lowest BCUT2D eigenvalue weighted by Gasteiger charge is -2.09. The normalized spacial score (nSPS) is 10.0. The molecule has 0 atom stereocenters. The molecule has 0 spiro atoms. The van der Waals surface area contributed by atoms with Crippen LogP contribution < -0.4 is 9.47 Å². The number of benzene rings is 2. The summed E-state index contributed by atoms with van der Waals surface area (Å²) in [5.74, 6) is 0.999. The molecule has 0 saturated carbocycles. The first kappa shape index (κ1) is 13.0. The second kappa shape index (κ2) is 5.44. The molecule has 0 fully saturated rings. The first-order valence-electron chi connectivity index (χ1n) is 5.76. The molecule has 0 amide bonds. The second-order valence-electron chi connectivity index (χ2n) is 4.06. The average Bonchev–Trinajstić information content (AvgIpc) is 2.38. The molecule has 0 radical (unpaired) electrons. The van der Waals surface area contributed by atoms with E-state index in [1.807, 2.05) is 18.2 Å². The van der Waals surface area contributed by atoms with Crippen molar-refractivity contribution in [2.24, 2.45) is 0 Å². The Labute approximate surface area is 111 Å². The van der Waals surface area contributed by atoms with Gasteiger partial charge in [-0.3, -0.25) is 0 Å². The van der Waals surface area contributed by atoms with Crippen LogP contribution in [0.1, 0.15) is 15.9 Å². The summed E-state index contributed by atoms with van der Waals surface area (Å²) in [6.07, 6.45) is 0. The van der Waals surface area contributed by atoms with Gasteiger partial charge in [0.1, 0.15) is 17.2 Å². The number of hydrogen-bond acceptors (Lipinski definition) is 3. The van der Waals surface area contributed by atoms with Crippen molar-refractivity contribution in [1.29, 1.82) is 0 Å². The van der Waals surface area contributed by atoms with Gasteiger partial charge in [-0.05, 0) is 42.8 Å². The van der Waals surface area contributed by atoms with Gasteiger partial charge < -0.3 is 14.6 Å². The molecule has 2 aromatic carbocycles. The van der Waals surface area contributed by atoms with Crippen molar-refractivity contribution in [1.82, 2.24) is 0 Å². The number of methoxy groups -OCH3 is 1. The van der Waals surface area contributed by atoms with Crippen LogP contribution in [0.5, 0.6) is 17.2 Å². The maximum Gasteiger partial charge on any atom is 0.335 e. The van der Waals surface area contributed by atoms with E-state index < -0.39 is 5.97 Å². The average molecular weight is 258 g/mol. The summed E-state index contributed by atoms with van der Waals surface area (Å²) in [7, 11) is 1.59. The zero-order valence-electron chi connectivity index (χ0n) is 10.7. The molecule has 4 nitrogen and oxygen atoms in total. The van der Waals surface area contributed by atoms with Crippen LogP contribution in [-0.2, 0) is 0 Å². The molecular formula is C15H14O4. The minimum absolute atomic E-state index is 0.276. The third-order valence-electron chi connectivity index (χ3n) is 2.71. The van der Waals surface area contributed by atoms with Crippen LogP contribution in [0, 0.1) is 6.92 Å². The van der Waals surface area contributed by atoms with E-state index in [-0.39, 0.29) is 5.56 Å². The van der Waals surface area contributed by atoms with Crippen molar-refractivity contribution in [3.8, 4) is 17.2 Å². The topological polar surface area (TPSA) is 55.8 Å². The van der Waals surface area contributed by atoms with E-state index in [2.05, 4.69) is 0 Å². The summed E-state index contributed by atoms with van der Waals surface area (Å²) in [5.41, 5.74) is 0.936. The number of hydrogen-bond donors (Lipinski definition) is 1. The quantitative estimate of drug-likeness (QED) is 0.912. The first-order valence-corrected chi connectivity index (χ1v) is 5.76. The fourth-order valence-corrected chi connectivity index (χ4v) is 1.74. The molecule has 0 aliphatic carbocycles. The minimum atomic E-state index is -0.939. The van der Waals surface area contributed by atoms with Crippen molar-refractivity contribution < 1.29 is 19.4 Å². The smallest absolute Gasteiger partial charge is 0.335 e. The highest BCUT2D eigenvalue weighted by molar-refractivity contribution is 5.89. The van der Waals surface area contributed by atoms with Crippen LogP contribution in [0.3, 0.4) is 0 Å². The number of ether oxygens (including phenoxy) is 2. The molecule has 0 saturated heterocycles. The Kier molecular flexibility index (Phi) is 3.71. The van der Waals surface area contributed by atoms with Gasteiger partial charge in [0.2, 0.25) is 0 Å². The molecule has 0 bridgehead atoms. The van der Waals surface area contributed by atoms with Crippen LogP contribution in [0.4, 0.5) is 0 Å². The van der Waals surface area contributed by atoms with Crippen molar-refractivity contribution in [2.75, 3.05) is 7.11 Å². The van der Waals surface area contributed by atoms with Crippen LogP contribution in [0.15, 0.2) is 42.5 Å². The third-order valence-corrected chi connectivity index (χ3v) is 2.71. The lowest BCUT2D eigenvalue weighted by atomic mass is 10.1. The zero-order valence-corrected chi connectivity index (χ0v) is 10.7. The Morgan fingerprint density at radius 1 is 1.05 bits per heavy atom. The molecule has 0 unspecified atom stereocenters. The molecule has 0 aliphatic rings. The van der Waals surface area contributed by atoms with Crippen LogP contribution in [0.2, 0.25) is 0 Å². The van der Waals surface area contributed by atoms with Gasteiger partial charge >= 0.3 is 5.97 Å². The monoisotopic (exact) mass is 258 g/mol. The molecule has 98 valence electrons. The summed E-state index contributed by atoms with van der Waals surface area (Å²) < 4.78 is 10.8. The van der Waals surface area contributed by atoms with Gasteiger partial charge in [0, 0.05) is 6.07 Å². The minimum Gasteiger partial charge on any atom is -0.497 e. The van der Waals surface area contributed by atoms with Gasteiger partial charge in [-0.15, -0.1) is 0 Å². The Morgan fingerprint density at radius 2 is 1.74 bits per heavy atom. The molecule has 2 aromatic rings. The molecule has 2 rings (SSSR count). The largest absolute Gasteiger partial charge is 0.497 e. The van der Waals surface area contributed by atoms with E-state index in [9.17, 15) is 4.79 Å². The highest BCUT2D eigenvalue weighted by Gasteiger charge is 2.08. The molecule has 0 heterocycles. The van der Waals surface area contributed by atoms with Crippen LogP contribution in [0.25, 0.3) is 0 Å². The van der Waals surface area contributed by atoms with Gasteiger partial charge in [-0.1, -0.05) is 6.07 Å². The van der Waals surface area contributed by atoms with E-state index in [4.69, 9.17) is 14.6 Å². The lowest BCUT2D eigenvalue weighted by molar-refractivity contribution is 0.0696. The van der Waals surface area contributed by atoms with Gasteiger partial charge in [-0.25, -0.2) is 4.79 Å². The van der Waals surface area contributed by atoms with E-state index >= 15 is 0 Å². The van der Waals surface area contributed by atoms with E-state index in [1.165, 1.54) is 6.07 Å². The van der Waals surface area contributed by atoms with Crippen molar-refractivity contribution in [2.45, 2.75) is 6.92 Å². The number of rotatable bonds is 4. The third kappa shape index (κ3) is 3.04. The fourth-order valence-electron chi connectivity index (χ4n) is 1.74. The summed E-state index contributed by atoms with van der Waals surface area (Å²) >= 11 is 0. The zero-order chi connectivity index (χ0) is 13.8. The first-order chi connectivity index (χ1) is 9.10. The Morgan fingerprint density at radius 3 is 2.37 bits per heavy atom. The maximum absolute atomic E-state index is 10.9. The van der Waals surface area contributed by atoms with Crippen LogP contribution in [-0.4, -0.2) is 18.2 Å². The SMILES string of the molecule is COc1cccc(Oc2ccc(C(=O)O)c(C)c2)c1. The molecular weight excluding hydrogens is 244 g/mol. The van der Waals surface area contributed by atoms with Gasteiger partial charge in [-0.2, -0.15) is 0 Å². The lowest BCUT2D eigenvalue weighted by Crippen LogP contribution is -1.99. The van der Waals surface area contributed by atoms with Crippen molar-refractivity contribution in [3.05, 3.63) is 53.6 Å². The highest BCUT2D eigenvalue weighted by Crippen LogP contribution is 2.26. The number of aromatic carboxylic acids is 1. The Hall–Kier alpha value is -2.49. The van der Waals surface area contributed by atoms with Gasteiger partial charge in [0.25, 0.3) is 0 Å². The number of carboxylic acids is 1. The Balaban J connectivity index is 2.23. The predicted octanol–water partition coefficient (Wildman–Crippen LogP) is 3.49. The predicted molar refractivity (Wildman–Crippen MR) is 71.2 cm³/mol. The van der Waals surface area contributed by atoms with E-state index in [0.29, 0.717) is 22.8 Å². The van der Waals surface area contributed by atoms with Crippen molar-refractivity contribution in [3.63, 3.8) is 0 Å². The highest BCUT2D eigenvalue weighted by atomic mass is 16.5. The molecule has 4 heteroatoms. The van der Waals surface area contributed by atoms with Crippen LogP contribution >= 0.6 is 0 Å². The van der Waals surface area contributed by atoms with Gasteiger partial charge in [0.15, 0.2) is 0 Å². The molecule has 1 N–H and O–H groups in total. The summed E-state index contributed by atoms with van der Waals surface area (Å²) in [5, 5.41) is 8.96. The fraction of sp³-hybridized carbons (Fsp3) is 0.133. The molecule has 0 aliphatic heterocycles. The van der Waals surface area contributed by atoms with E-state index in [0.717, 1.165) is 0 Å². The summed E-state index contributed by atoms with van der Waals surface area (Å²) in [6, 6.07) is 12.1. The standard InChI is InChI=1S/C15H14O4/c1-10-8-13(6-7-14(10)15(16)17)19-12-5-3-4-11(9-12)18-2/h3-9H,1-2H3,(H,16,17). The van der Waals surface area contributed by atoms with E-state index in [1.54, 1.807) is 32.2 Å². The number of carbonyl (C=O) groups is 1. The number of carboxylic acid groups (broad SMARTS) is 1. The summed E-state index contributed by atoms with van der Waals surface area (Å²) in [4.78, 5) is 10.9. The van der Waals surface area contributed by atoms with Gasteiger partial charge in [0.05, 0.1) is 12.7 Å². The number of aryl methyl sites for hydroxylation is 1. The Bertz CT molecular complexity index is 605. The maximum atomic E-state index is 10.9. The molecule has 0 aromatic heterocycles. The molecule has 19 heavy (non-hydrogen) atoms. The second-order valence-corrected chi connectivity index (χ2v) is 4.06.